The van der Waals surface area contributed by atoms with Crippen molar-refractivity contribution in [2.75, 3.05) is 0 Å². The van der Waals surface area contributed by atoms with Gasteiger partial charge in [-0.15, -0.1) is 0 Å². The third-order valence-electron chi connectivity index (χ3n) is 4.52. The van der Waals surface area contributed by atoms with Crippen LogP contribution in [0.2, 0.25) is 0 Å². The summed E-state index contributed by atoms with van der Waals surface area (Å²) in [6.45, 7) is 0. The molecule has 1 heterocycles. The highest BCUT2D eigenvalue weighted by molar-refractivity contribution is 7.91. The SMILES string of the molecule is N#Cc1cccc(S(=O)(=O)c2cnc3c(F)cccc3c2-c2ccccc2F)c1. The first-order chi connectivity index (χ1) is 13.9. The van der Waals surface area contributed by atoms with E-state index in [1.165, 1.54) is 60.7 Å². The first-order valence-electron chi connectivity index (χ1n) is 8.51. The van der Waals surface area contributed by atoms with E-state index in [1.807, 2.05) is 6.07 Å². The van der Waals surface area contributed by atoms with Crippen molar-refractivity contribution in [1.82, 2.24) is 4.98 Å². The molecule has 0 aliphatic heterocycles. The fourth-order valence-electron chi connectivity index (χ4n) is 3.17. The molecule has 0 aliphatic rings. The fraction of sp³-hybridized carbons (Fsp3) is 0. The Morgan fingerprint density at radius 3 is 2.38 bits per heavy atom. The topological polar surface area (TPSA) is 70.8 Å². The van der Waals surface area contributed by atoms with E-state index in [0.717, 1.165) is 6.20 Å². The van der Waals surface area contributed by atoms with Crippen LogP contribution in [0.4, 0.5) is 8.78 Å². The zero-order chi connectivity index (χ0) is 20.6. The number of nitriles is 1. The third kappa shape index (κ3) is 3.13. The zero-order valence-electron chi connectivity index (χ0n) is 14.8. The van der Waals surface area contributed by atoms with Gasteiger partial charge in [-0.1, -0.05) is 36.4 Å². The summed E-state index contributed by atoms with van der Waals surface area (Å²) in [5, 5.41) is 9.26. The molecule has 0 saturated carbocycles. The number of sulfone groups is 1. The number of para-hydroxylation sites is 1. The molecule has 1 aromatic heterocycles. The van der Waals surface area contributed by atoms with Crippen LogP contribution in [-0.2, 0) is 9.84 Å². The van der Waals surface area contributed by atoms with Crippen molar-refractivity contribution in [3.8, 4) is 17.2 Å². The van der Waals surface area contributed by atoms with E-state index in [-0.39, 0.29) is 37.4 Å². The summed E-state index contributed by atoms with van der Waals surface area (Å²) in [6, 6.07) is 17.2. The molecule has 7 heteroatoms. The van der Waals surface area contributed by atoms with Crippen molar-refractivity contribution < 1.29 is 17.2 Å². The van der Waals surface area contributed by atoms with Crippen LogP contribution in [-0.4, -0.2) is 13.4 Å². The van der Waals surface area contributed by atoms with Crippen molar-refractivity contribution in [2.24, 2.45) is 0 Å². The number of pyridine rings is 1. The van der Waals surface area contributed by atoms with E-state index in [4.69, 9.17) is 5.26 Å². The molecule has 4 nitrogen and oxygen atoms in total. The molecule has 0 saturated heterocycles. The second kappa shape index (κ2) is 7.08. The summed E-state index contributed by atoms with van der Waals surface area (Å²) >= 11 is 0. The summed E-state index contributed by atoms with van der Waals surface area (Å²) in [4.78, 5) is 3.59. The van der Waals surface area contributed by atoms with Crippen LogP contribution >= 0.6 is 0 Å². The van der Waals surface area contributed by atoms with Gasteiger partial charge < -0.3 is 0 Å². The summed E-state index contributed by atoms with van der Waals surface area (Å²) in [5.74, 6) is -1.29. The summed E-state index contributed by atoms with van der Waals surface area (Å²) in [5.41, 5.74) is 0.143. The van der Waals surface area contributed by atoms with Crippen molar-refractivity contribution in [2.45, 2.75) is 9.79 Å². The molecule has 0 radical (unpaired) electrons. The number of fused-ring (bicyclic) bond motifs is 1. The monoisotopic (exact) mass is 406 g/mol. The average molecular weight is 406 g/mol. The molecule has 0 amide bonds. The van der Waals surface area contributed by atoms with E-state index >= 15 is 0 Å². The number of nitrogens with zero attached hydrogens (tertiary/aromatic N) is 2. The molecule has 29 heavy (non-hydrogen) atoms. The summed E-state index contributed by atoms with van der Waals surface area (Å²) in [6.07, 6.45) is 1.03. The molecular formula is C22H12F2N2O2S. The minimum absolute atomic E-state index is 0.0144. The second-order valence-corrected chi connectivity index (χ2v) is 8.17. The van der Waals surface area contributed by atoms with E-state index in [0.29, 0.717) is 0 Å². The Kier molecular flexibility index (Phi) is 4.57. The van der Waals surface area contributed by atoms with Gasteiger partial charge in [-0.3, -0.25) is 4.98 Å². The van der Waals surface area contributed by atoms with Crippen molar-refractivity contribution >= 4 is 20.7 Å². The number of aromatic nitrogens is 1. The molecule has 0 N–H and O–H groups in total. The van der Waals surface area contributed by atoms with Gasteiger partial charge >= 0.3 is 0 Å². The maximum Gasteiger partial charge on any atom is 0.208 e. The lowest BCUT2D eigenvalue weighted by molar-refractivity contribution is 0.595. The van der Waals surface area contributed by atoms with Crippen LogP contribution in [0.5, 0.6) is 0 Å². The second-order valence-electron chi connectivity index (χ2n) is 6.26. The van der Waals surface area contributed by atoms with Crippen LogP contribution in [0.25, 0.3) is 22.0 Å². The lowest BCUT2D eigenvalue weighted by Crippen LogP contribution is -2.07. The standard InChI is InChI=1S/C22H12F2N2O2S/c23-18-9-2-1-7-16(18)21-17-8-4-10-19(24)22(17)26-13-20(21)29(27,28)15-6-3-5-14(11-15)12-25/h1-11,13H. The van der Waals surface area contributed by atoms with E-state index in [1.54, 1.807) is 6.07 Å². The van der Waals surface area contributed by atoms with Gasteiger partial charge in [0.05, 0.1) is 21.4 Å². The van der Waals surface area contributed by atoms with Gasteiger partial charge in [0.25, 0.3) is 0 Å². The van der Waals surface area contributed by atoms with Gasteiger partial charge in [0.2, 0.25) is 9.84 Å². The molecule has 0 aliphatic carbocycles. The van der Waals surface area contributed by atoms with Crippen LogP contribution in [0.3, 0.4) is 0 Å². The minimum atomic E-state index is -4.17. The Morgan fingerprint density at radius 2 is 1.62 bits per heavy atom. The van der Waals surface area contributed by atoms with Gasteiger partial charge in [-0.2, -0.15) is 5.26 Å². The highest BCUT2D eigenvalue weighted by Crippen LogP contribution is 2.38. The van der Waals surface area contributed by atoms with Crippen molar-refractivity contribution in [3.05, 3.63) is 90.1 Å². The molecule has 0 bridgehead atoms. The number of hydrogen-bond donors (Lipinski definition) is 0. The van der Waals surface area contributed by atoms with Gasteiger partial charge in [0.15, 0.2) is 0 Å². The van der Waals surface area contributed by atoms with E-state index < -0.39 is 21.5 Å². The molecule has 0 atom stereocenters. The molecule has 0 spiro atoms. The number of halogens is 2. The predicted octanol–water partition coefficient (Wildman–Crippen LogP) is 4.88. The first kappa shape index (κ1) is 18.7. The largest absolute Gasteiger partial charge is 0.252 e. The van der Waals surface area contributed by atoms with E-state index in [2.05, 4.69) is 4.98 Å². The Hall–Kier alpha value is -3.63. The van der Waals surface area contributed by atoms with Crippen LogP contribution in [0.15, 0.2) is 82.7 Å². The van der Waals surface area contributed by atoms with Crippen molar-refractivity contribution in [3.63, 3.8) is 0 Å². The highest BCUT2D eigenvalue weighted by Gasteiger charge is 2.26. The first-order valence-corrected chi connectivity index (χ1v) is 9.99. The normalized spacial score (nSPS) is 11.3. The highest BCUT2D eigenvalue weighted by atomic mass is 32.2. The van der Waals surface area contributed by atoms with Crippen LogP contribution in [0, 0.1) is 23.0 Å². The van der Waals surface area contributed by atoms with Gasteiger partial charge in [0, 0.05) is 22.7 Å². The molecule has 0 fully saturated rings. The summed E-state index contributed by atoms with van der Waals surface area (Å²) < 4.78 is 55.7. The maximum atomic E-state index is 14.6. The lowest BCUT2D eigenvalue weighted by Gasteiger charge is -2.14. The molecule has 3 aromatic carbocycles. The smallest absolute Gasteiger partial charge is 0.208 e. The lowest BCUT2D eigenvalue weighted by atomic mass is 10.0. The van der Waals surface area contributed by atoms with Crippen LogP contribution in [0.1, 0.15) is 5.56 Å². The maximum absolute atomic E-state index is 14.6. The Morgan fingerprint density at radius 1 is 0.897 bits per heavy atom. The molecule has 4 rings (SSSR count). The molecule has 0 unspecified atom stereocenters. The number of hydrogen-bond acceptors (Lipinski definition) is 4. The Labute approximate surface area is 165 Å². The minimum Gasteiger partial charge on any atom is -0.252 e. The third-order valence-corrected chi connectivity index (χ3v) is 6.28. The van der Waals surface area contributed by atoms with Gasteiger partial charge in [-0.25, -0.2) is 17.2 Å². The molecular weight excluding hydrogens is 394 g/mol. The van der Waals surface area contributed by atoms with Crippen molar-refractivity contribution in [1.29, 1.82) is 5.26 Å². The molecule has 4 aromatic rings. The quantitative estimate of drug-likeness (QED) is 0.486. The van der Waals surface area contributed by atoms with Gasteiger partial charge in [-0.05, 0) is 30.3 Å². The Bertz CT molecular complexity index is 1410. The molecule has 142 valence electrons. The Balaban J connectivity index is 2.12. The zero-order valence-corrected chi connectivity index (χ0v) is 15.6. The predicted molar refractivity (Wildman–Crippen MR) is 104 cm³/mol. The fourth-order valence-corrected chi connectivity index (χ4v) is 4.65. The van der Waals surface area contributed by atoms with E-state index in [9.17, 15) is 17.2 Å². The number of benzene rings is 3. The van der Waals surface area contributed by atoms with Crippen LogP contribution < -0.4 is 0 Å². The van der Waals surface area contributed by atoms with Gasteiger partial charge in [0.1, 0.15) is 17.2 Å². The summed E-state index contributed by atoms with van der Waals surface area (Å²) in [7, 11) is -4.17. The number of rotatable bonds is 3. The average Bonchev–Trinajstić information content (AvgIpc) is 2.74.